The molecule has 1 aromatic carbocycles. The van der Waals surface area contributed by atoms with Gasteiger partial charge < -0.3 is 10.6 Å². The first-order valence-electron chi connectivity index (χ1n) is 11.5. The van der Waals surface area contributed by atoms with E-state index in [1.54, 1.807) is 24.1 Å². The number of halogens is 3. The zero-order valence-corrected chi connectivity index (χ0v) is 20.5. The molecular weight excluding hydrogens is 483 g/mol. The van der Waals surface area contributed by atoms with Crippen LogP contribution in [0.3, 0.4) is 0 Å². The van der Waals surface area contributed by atoms with Gasteiger partial charge in [0.05, 0.1) is 22.9 Å². The van der Waals surface area contributed by atoms with Crippen LogP contribution in [0.25, 0.3) is 0 Å². The fraction of sp³-hybridized carbons (Fsp3) is 0.522. The van der Waals surface area contributed by atoms with Crippen molar-refractivity contribution in [3.8, 4) is 0 Å². The molecule has 0 bridgehead atoms. The first-order valence-corrected chi connectivity index (χ1v) is 12.8. The Bertz CT molecular complexity index is 1060. The molecule has 12 heteroatoms. The number of nitrogens with zero attached hydrogens (tertiary/aromatic N) is 3. The van der Waals surface area contributed by atoms with Gasteiger partial charge in [0, 0.05) is 49.6 Å². The fourth-order valence-electron chi connectivity index (χ4n) is 4.03. The lowest BCUT2D eigenvalue weighted by molar-refractivity contribution is -0.131. The summed E-state index contributed by atoms with van der Waals surface area (Å²) < 4.78 is 57.4. The van der Waals surface area contributed by atoms with E-state index in [1.807, 2.05) is 6.92 Å². The molecule has 3 rings (SSSR count). The van der Waals surface area contributed by atoms with Crippen LogP contribution in [0.4, 0.5) is 13.2 Å². The SMILES string of the molecule is CCCC(NC(=O)C1CCCCN1S(=O)Cc1c(F)cc(F)cc1F)C(=O)NCc1cnn(C)c1. The van der Waals surface area contributed by atoms with E-state index in [0.717, 1.165) is 5.56 Å². The molecule has 1 saturated heterocycles. The van der Waals surface area contributed by atoms with E-state index in [1.165, 1.54) is 4.31 Å². The zero-order chi connectivity index (χ0) is 25.5. The lowest BCUT2D eigenvalue weighted by atomic mass is 10.0. The van der Waals surface area contributed by atoms with Gasteiger partial charge in [0.25, 0.3) is 0 Å². The van der Waals surface area contributed by atoms with Crippen LogP contribution in [0.2, 0.25) is 0 Å². The Balaban J connectivity index is 1.66. The lowest BCUT2D eigenvalue weighted by Crippen LogP contribution is -2.55. The first-order chi connectivity index (χ1) is 16.7. The van der Waals surface area contributed by atoms with E-state index in [4.69, 9.17) is 0 Å². The minimum absolute atomic E-state index is 0.261. The summed E-state index contributed by atoms with van der Waals surface area (Å²) >= 11 is 0. The number of aromatic nitrogens is 2. The summed E-state index contributed by atoms with van der Waals surface area (Å²) in [5.74, 6) is -4.64. The number of carbonyl (C=O) groups excluding carboxylic acids is 2. The molecular formula is C23H30F3N5O3S. The number of amides is 2. The summed E-state index contributed by atoms with van der Waals surface area (Å²) in [7, 11) is -0.162. The van der Waals surface area contributed by atoms with E-state index in [0.29, 0.717) is 50.8 Å². The maximum absolute atomic E-state index is 14.1. The van der Waals surface area contributed by atoms with Crippen LogP contribution in [0.5, 0.6) is 0 Å². The molecule has 0 spiro atoms. The second kappa shape index (κ2) is 12.3. The third kappa shape index (κ3) is 7.14. The van der Waals surface area contributed by atoms with Crippen molar-refractivity contribution in [3.63, 3.8) is 0 Å². The first kappa shape index (κ1) is 26.9. The van der Waals surface area contributed by atoms with E-state index in [2.05, 4.69) is 15.7 Å². The number of nitrogens with one attached hydrogen (secondary N) is 2. The lowest BCUT2D eigenvalue weighted by Gasteiger charge is -2.34. The van der Waals surface area contributed by atoms with Crippen molar-refractivity contribution >= 4 is 22.8 Å². The Morgan fingerprint density at radius 3 is 2.57 bits per heavy atom. The minimum Gasteiger partial charge on any atom is -0.350 e. The van der Waals surface area contributed by atoms with Gasteiger partial charge in [0.1, 0.15) is 29.5 Å². The Hall–Kier alpha value is -2.73. The number of hydrogen-bond donors (Lipinski definition) is 2. The van der Waals surface area contributed by atoms with Crippen LogP contribution in [0, 0.1) is 17.5 Å². The number of benzene rings is 1. The van der Waals surface area contributed by atoms with Gasteiger partial charge in [-0.3, -0.25) is 14.3 Å². The Kier molecular flexibility index (Phi) is 9.44. The van der Waals surface area contributed by atoms with Gasteiger partial charge >= 0.3 is 0 Å². The molecule has 2 amide bonds. The third-order valence-electron chi connectivity index (χ3n) is 5.83. The molecule has 0 saturated carbocycles. The molecule has 0 radical (unpaired) electrons. The molecule has 1 fully saturated rings. The molecule has 35 heavy (non-hydrogen) atoms. The molecule has 3 unspecified atom stereocenters. The molecule has 192 valence electrons. The van der Waals surface area contributed by atoms with Crippen LogP contribution in [0.15, 0.2) is 24.5 Å². The number of carbonyl (C=O) groups is 2. The predicted octanol–water partition coefficient (Wildman–Crippen LogP) is 2.46. The highest BCUT2D eigenvalue weighted by Gasteiger charge is 2.35. The maximum Gasteiger partial charge on any atom is 0.242 e. The average molecular weight is 514 g/mol. The highest BCUT2D eigenvalue weighted by Crippen LogP contribution is 2.23. The Morgan fingerprint density at radius 1 is 1.23 bits per heavy atom. The smallest absolute Gasteiger partial charge is 0.242 e. The normalized spacial score (nSPS) is 18.1. The number of rotatable bonds is 10. The number of piperidine rings is 1. The van der Waals surface area contributed by atoms with E-state index in [-0.39, 0.29) is 12.5 Å². The van der Waals surface area contributed by atoms with Crippen LogP contribution in [0.1, 0.15) is 50.2 Å². The van der Waals surface area contributed by atoms with E-state index in [9.17, 15) is 27.0 Å². The summed E-state index contributed by atoms with van der Waals surface area (Å²) in [6.07, 6.45) is 6.22. The van der Waals surface area contributed by atoms with Crippen LogP contribution >= 0.6 is 0 Å². The molecule has 1 aromatic heterocycles. The van der Waals surface area contributed by atoms with Crippen molar-refractivity contribution in [2.75, 3.05) is 6.54 Å². The highest BCUT2D eigenvalue weighted by atomic mass is 32.2. The second-order valence-electron chi connectivity index (χ2n) is 8.56. The number of hydrogen-bond acceptors (Lipinski definition) is 4. The molecule has 8 nitrogen and oxygen atoms in total. The van der Waals surface area contributed by atoms with Gasteiger partial charge in [0.2, 0.25) is 11.8 Å². The quantitative estimate of drug-likeness (QED) is 0.510. The van der Waals surface area contributed by atoms with E-state index < -0.39 is 57.7 Å². The van der Waals surface area contributed by atoms with Crippen molar-refractivity contribution in [1.82, 2.24) is 24.7 Å². The molecule has 1 aliphatic rings. The van der Waals surface area contributed by atoms with Gasteiger partial charge in [0.15, 0.2) is 0 Å². The summed E-state index contributed by atoms with van der Waals surface area (Å²) in [5.41, 5.74) is 0.324. The topological polar surface area (TPSA) is 96.3 Å². The molecule has 2 heterocycles. The second-order valence-corrected chi connectivity index (χ2v) is 9.96. The predicted molar refractivity (Wildman–Crippen MR) is 124 cm³/mol. The third-order valence-corrected chi connectivity index (χ3v) is 7.32. The fourth-order valence-corrected chi connectivity index (χ4v) is 5.53. The van der Waals surface area contributed by atoms with Crippen molar-refractivity contribution in [3.05, 3.63) is 53.1 Å². The van der Waals surface area contributed by atoms with Crippen LogP contribution in [-0.2, 0) is 39.9 Å². The maximum atomic E-state index is 14.1. The highest BCUT2D eigenvalue weighted by molar-refractivity contribution is 7.81. The van der Waals surface area contributed by atoms with Crippen molar-refractivity contribution in [2.45, 2.75) is 63.4 Å². The van der Waals surface area contributed by atoms with Gasteiger partial charge in [-0.05, 0) is 19.3 Å². The zero-order valence-electron chi connectivity index (χ0n) is 19.7. The molecule has 2 N–H and O–H groups in total. The molecule has 0 aliphatic carbocycles. The van der Waals surface area contributed by atoms with Crippen LogP contribution in [-0.4, -0.2) is 48.7 Å². The monoisotopic (exact) mass is 513 g/mol. The van der Waals surface area contributed by atoms with Crippen molar-refractivity contribution in [2.24, 2.45) is 7.05 Å². The standard InChI is InChI=1S/C23H30F3N5O3S/c1-3-6-20(22(32)27-11-15-12-28-30(2)13-15)29-23(33)21-7-4-5-8-31(21)35(34)14-17-18(25)9-16(24)10-19(17)26/h9-10,12-13,20-21H,3-8,11,14H2,1-2H3,(H,27,32)(H,29,33). The van der Waals surface area contributed by atoms with E-state index >= 15 is 0 Å². The summed E-state index contributed by atoms with van der Waals surface area (Å²) in [5, 5.41) is 9.61. The average Bonchev–Trinajstić information content (AvgIpc) is 3.24. The molecule has 2 aromatic rings. The molecule has 1 aliphatic heterocycles. The minimum atomic E-state index is -1.93. The van der Waals surface area contributed by atoms with Gasteiger partial charge in [-0.15, -0.1) is 0 Å². The summed E-state index contributed by atoms with van der Waals surface area (Å²) in [6.45, 7) is 2.44. The summed E-state index contributed by atoms with van der Waals surface area (Å²) in [4.78, 5) is 25.9. The Morgan fingerprint density at radius 2 is 1.94 bits per heavy atom. The van der Waals surface area contributed by atoms with Gasteiger partial charge in [-0.1, -0.05) is 19.8 Å². The molecule has 3 atom stereocenters. The number of aryl methyl sites for hydroxylation is 1. The summed E-state index contributed by atoms with van der Waals surface area (Å²) in [6, 6.07) is -0.527. The van der Waals surface area contributed by atoms with Crippen molar-refractivity contribution < 1.29 is 27.0 Å². The van der Waals surface area contributed by atoms with Crippen LogP contribution < -0.4 is 10.6 Å². The van der Waals surface area contributed by atoms with Gasteiger partial charge in [-0.25, -0.2) is 21.7 Å². The van der Waals surface area contributed by atoms with Gasteiger partial charge in [-0.2, -0.15) is 5.10 Å². The Labute approximate surface area is 204 Å². The van der Waals surface area contributed by atoms with Crippen molar-refractivity contribution in [1.29, 1.82) is 0 Å². The largest absolute Gasteiger partial charge is 0.350 e.